The molecule has 0 aliphatic rings. The lowest BCUT2D eigenvalue weighted by Crippen LogP contribution is -2.38. The Bertz CT molecular complexity index is 894. The molecule has 0 amide bonds. The average Bonchev–Trinajstić information content (AvgIpc) is 2.51. The van der Waals surface area contributed by atoms with E-state index in [2.05, 4.69) is 4.99 Å². The van der Waals surface area contributed by atoms with Gasteiger partial charge < -0.3 is 5.11 Å². The minimum absolute atomic E-state index is 0.0304. The predicted octanol–water partition coefficient (Wildman–Crippen LogP) is 0.448. The zero-order chi connectivity index (χ0) is 16.4. The Balaban J connectivity index is 2.60. The maximum Gasteiger partial charge on any atom is 0.333 e. The van der Waals surface area contributed by atoms with Crippen LogP contribution in [0.25, 0.3) is 0 Å². The summed E-state index contributed by atoms with van der Waals surface area (Å²) >= 11 is 0. The Labute approximate surface area is 123 Å². The van der Waals surface area contributed by atoms with Gasteiger partial charge in [0.1, 0.15) is 11.3 Å². The summed E-state index contributed by atoms with van der Waals surface area (Å²) in [5.41, 5.74) is -1.88. The highest BCUT2D eigenvalue weighted by molar-refractivity contribution is 5.85. The number of hydrogen-bond donors (Lipinski definition) is 1. The average molecular weight is 304 g/mol. The van der Waals surface area contributed by atoms with E-state index < -0.39 is 22.1 Å². The fourth-order valence-electron chi connectivity index (χ4n) is 1.83. The molecule has 0 radical (unpaired) electrons. The lowest BCUT2D eigenvalue weighted by molar-refractivity contribution is -0.384. The molecule has 0 saturated heterocycles. The lowest BCUT2D eigenvalue weighted by Gasteiger charge is -2.06. The molecule has 0 unspecified atom stereocenters. The van der Waals surface area contributed by atoms with Crippen molar-refractivity contribution in [2.45, 2.75) is 0 Å². The molecule has 0 bridgehead atoms. The van der Waals surface area contributed by atoms with Gasteiger partial charge in [-0.1, -0.05) is 12.1 Å². The first-order chi connectivity index (χ1) is 10.3. The van der Waals surface area contributed by atoms with Crippen molar-refractivity contribution in [2.24, 2.45) is 19.1 Å². The van der Waals surface area contributed by atoms with Crippen LogP contribution in [0.2, 0.25) is 0 Å². The Morgan fingerprint density at radius 1 is 1.23 bits per heavy atom. The van der Waals surface area contributed by atoms with Gasteiger partial charge in [-0.3, -0.25) is 24.0 Å². The number of aromatic hydroxyl groups is 1. The summed E-state index contributed by atoms with van der Waals surface area (Å²) in [5, 5.41) is 20.8. The second-order valence-corrected chi connectivity index (χ2v) is 4.45. The van der Waals surface area contributed by atoms with Gasteiger partial charge in [0.05, 0.1) is 4.92 Å². The third-order valence-electron chi connectivity index (χ3n) is 3.08. The fraction of sp³-hybridized carbons (Fsp3) is 0.154. The molecule has 9 nitrogen and oxygen atoms in total. The normalized spacial score (nSPS) is 11.0. The van der Waals surface area contributed by atoms with E-state index in [4.69, 9.17) is 0 Å². The molecule has 1 aromatic heterocycles. The monoisotopic (exact) mass is 304 g/mol. The van der Waals surface area contributed by atoms with Crippen molar-refractivity contribution < 1.29 is 10.0 Å². The minimum Gasteiger partial charge on any atom is -0.494 e. The maximum absolute atomic E-state index is 12.0. The van der Waals surface area contributed by atoms with E-state index in [1.165, 1.54) is 32.3 Å². The number of nitro benzene ring substituents is 1. The van der Waals surface area contributed by atoms with Crippen molar-refractivity contribution in [1.82, 2.24) is 9.13 Å². The molecule has 0 atom stereocenters. The number of para-hydroxylation sites is 2. The van der Waals surface area contributed by atoms with Crippen LogP contribution in [0.4, 0.5) is 11.4 Å². The molecule has 1 N–H and O–H groups in total. The standard InChI is InChI=1S/C13H12N4O5/c1-15-11(18)8(12(19)16(2)13(15)20)7-14-9-5-3-4-6-10(9)17(21)22/h3-7,18H,1-2H3. The summed E-state index contributed by atoms with van der Waals surface area (Å²) in [6, 6.07) is 5.71. The van der Waals surface area contributed by atoms with Gasteiger partial charge in [-0.05, 0) is 6.07 Å². The molecule has 0 spiro atoms. The Morgan fingerprint density at radius 3 is 2.50 bits per heavy atom. The second kappa shape index (κ2) is 5.64. The highest BCUT2D eigenvalue weighted by Gasteiger charge is 2.15. The van der Waals surface area contributed by atoms with Crippen LogP contribution < -0.4 is 11.2 Å². The van der Waals surface area contributed by atoms with E-state index in [0.29, 0.717) is 0 Å². The third-order valence-corrected chi connectivity index (χ3v) is 3.08. The van der Waals surface area contributed by atoms with E-state index in [0.717, 1.165) is 15.3 Å². The molecule has 2 aromatic rings. The van der Waals surface area contributed by atoms with E-state index >= 15 is 0 Å². The van der Waals surface area contributed by atoms with Crippen LogP contribution in [-0.2, 0) is 14.1 Å². The lowest BCUT2D eigenvalue weighted by atomic mass is 10.2. The molecule has 0 saturated carbocycles. The Kier molecular flexibility index (Phi) is 3.89. The van der Waals surface area contributed by atoms with Gasteiger partial charge in [-0.25, -0.2) is 9.79 Å². The van der Waals surface area contributed by atoms with Gasteiger partial charge in [-0.2, -0.15) is 0 Å². The first-order valence-corrected chi connectivity index (χ1v) is 6.11. The Morgan fingerprint density at radius 2 is 1.86 bits per heavy atom. The molecule has 0 aliphatic carbocycles. The number of hydrogen-bond acceptors (Lipinski definition) is 6. The number of nitrogens with zero attached hydrogens (tertiary/aromatic N) is 4. The SMILES string of the molecule is Cn1c(O)c(C=Nc2ccccc2[N+](=O)[O-])c(=O)n(C)c1=O. The molecule has 22 heavy (non-hydrogen) atoms. The molecule has 2 rings (SSSR count). The maximum atomic E-state index is 12.0. The van der Waals surface area contributed by atoms with Crippen LogP contribution in [0.3, 0.4) is 0 Å². The summed E-state index contributed by atoms with van der Waals surface area (Å²) in [6.07, 6.45) is 0.999. The summed E-state index contributed by atoms with van der Waals surface area (Å²) < 4.78 is 1.68. The predicted molar refractivity (Wildman–Crippen MR) is 78.9 cm³/mol. The van der Waals surface area contributed by atoms with Crippen molar-refractivity contribution in [1.29, 1.82) is 0 Å². The first-order valence-electron chi connectivity index (χ1n) is 6.11. The van der Waals surface area contributed by atoms with Gasteiger partial charge in [0.15, 0.2) is 0 Å². The highest BCUT2D eigenvalue weighted by Crippen LogP contribution is 2.26. The van der Waals surface area contributed by atoms with Gasteiger partial charge >= 0.3 is 5.69 Å². The molecular formula is C13H12N4O5. The number of aromatic nitrogens is 2. The quantitative estimate of drug-likeness (QED) is 0.501. The van der Waals surface area contributed by atoms with Crippen molar-refractivity contribution in [2.75, 3.05) is 0 Å². The molecule has 0 aliphatic heterocycles. The van der Waals surface area contributed by atoms with Crippen LogP contribution in [0.5, 0.6) is 5.88 Å². The Hall–Kier alpha value is -3.23. The molecule has 1 heterocycles. The van der Waals surface area contributed by atoms with Crippen LogP contribution in [0.1, 0.15) is 5.56 Å². The van der Waals surface area contributed by atoms with Crippen molar-refractivity contribution >= 4 is 17.6 Å². The number of aliphatic imine (C=N–C) groups is 1. The van der Waals surface area contributed by atoms with Gasteiger partial charge in [0.2, 0.25) is 5.88 Å². The summed E-state index contributed by atoms with van der Waals surface area (Å²) in [7, 11) is 2.55. The van der Waals surface area contributed by atoms with E-state index in [9.17, 15) is 24.8 Å². The van der Waals surface area contributed by atoms with Gasteiger partial charge in [0, 0.05) is 26.4 Å². The smallest absolute Gasteiger partial charge is 0.333 e. The van der Waals surface area contributed by atoms with Crippen LogP contribution in [-0.4, -0.2) is 25.4 Å². The van der Waals surface area contributed by atoms with Crippen LogP contribution in [0.15, 0.2) is 38.8 Å². The van der Waals surface area contributed by atoms with Crippen LogP contribution >= 0.6 is 0 Å². The van der Waals surface area contributed by atoms with Gasteiger partial charge in [-0.15, -0.1) is 0 Å². The third kappa shape index (κ3) is 2.51. The van der Waals surface area contributed by atoms with Crippen molar-refractivity contribution in [3.05, 3.63) is 60.8 Å². The van der Waals surface area contributed by atoms with Gasteiger partial charge in [0.25, 0.3) is 11.2 Å². The summed E-state index contributed by atoms with van der Waals surface area (Å²) in [6.45, 7) is 0. The number of rotatable bonds is 3. The minimum atomic E-state index is -0.747. The zero-order valence-corrected chi connectivity index (χ0v) is 11.8. The number of nitro groups is 1. The second-order valence-electron chi connectivity index (χ2n) is 4.45. The topological polar surface area (TPSA) is 120 Å². The van der Waals surface area contributed by atoms with E-state index in [-0.39, 0.29) is 16.9 Å². The van der Waals surface area contributed by atoms with Crippen LogP contribution in [0, 0.1) is 10.1 Å². The van der Waals surface area contributed by atoms with E-state index in [1.807, 2.05) is 0 Å². The van der Waals surface area contributed by atoms with Crippen molar-refractivity contribution in [3.8, 4) is 5.88 Å². The molecule has 114 valence electrons. The molecular weight excluding hydrogens is 292 g/mol. The largest absolute Gasteiger partial charge is 0.494 e. The summed E-state index contributed by atoms with van der Waals surface area (Å²) in [5.74, 6) is -0.560. The molecule has 1 aromatic carbocycles. The first kappa shape index (κ1) is 15.2. The van der Waals surface area contributed by atoms with E-state index in [1.54, 1.807) is 6.07 Å². The fourth-order valence-corrected chi connectivity index (χ4v) is 1.83. The highest BCUT2D eigenvalue weighted by atomic mass is 16.6. The number of benzene rings is 1. The molecule has 0 fully saturated rings. The summed E-state index contributed by atoms with van der Waals surface area (Å²) in [4.78, 5) is 37.7. The molecule has 9 heteroatoms. The zero-order valence-electron chi connectivity index (χ0n) is 11.8. The van der Waals surface area contributed by atoms with Crippen molar-refractivity contribution in [3.63, 3.8) is 0 Å².